The van der Waals surface area contributed by atoms with E-state index in [-0.39, 0.29) is 5.82 Å². The van der Waals surface area contributed by atoms with Crippen molar-refractivity contribution < 1.29 is 9.13 Å². The highest BCUT2D eigenvalue weighted by atomic mass is 19.1. The first-order valence-electron chi connectivity index (χ1n) is 9.63. The van der Waals surface area contributed by atoms with Gasteiger partial charge in [-0.1, -0.05) is 12.1 Å². The highest BCUT2D eigenvalue weighted by Crippen LogP contribution is 2.24. The second kappa shape index (κ2) is 8.34. The molecule has 0 spiro atoms. The maximum Gasteiger partial charge on any atom is 0.227 e. The minimum Gasteiger partial charge on any atom is -0.497 e. The van der Waals surface area contributed by atoms with Crippen LogP contribution in [0, 0.1) is 12.7 Å². The molecule has 2 aromatic carbocycles. The SMILES string of the molecule is COc1ccc(Nc2cc(C)nc(N3CCN(c4ccccc4F)CC3)n2)cc1. The molecule has 1 aliphatic heterocycles. The van der Waals surface area contributed by atoms with Crippen LogP contribution in [0.15, 0.2) is 54.6 Å². The molecule has 3 aromatic rings. The summed E-state index contributed by atoms with van der Waals surface area (Å²) in [5.41, 5.74) is 2.47. The molecule has 1 aromatic heterocycles. The molecule has 0 saturated carbocycles. The monoisotopic (exact) mass is 393 g/mol. The zero-order valence-electron chi connectivity index (χ0n) is 16.6. The molecule has 1 aliphatic rings. The van der Waals surface area contributed by atoms with Gasteiger partial charge in [-0.05, 0) is 43.3 Å². The molecule has 0 unspecified atom stereocenters. The molecular weight excluding hydrogens is 369 g/mol. The summed E-state index contributed by atoms with van der Waals surface area (Å²) >= 11 is 0. The van der Waals surface area contributed by atoms with Crippen LogP contribution >= 0.6 is 0 Å². The fourth-order valence-electron chi connectivity index (χ4n) is 3.44. The molecule has 29 heavy (non-hydrogen) atoms. The molecule has 0 radical (unpaired) electrons. The Balaban J connectivity index is 1.46. The Morgan fingerprint density at radius 2 is 1.62 bits per heavy atom. The molecule has 0 aliphatic carbocycles. The minimum absolute atomic E-state index is 0.182. The fourth-order valence-corrected chi connectivity index (χ4v) is 3.44. The minimum atomic E-state index is -0.182. The number of anilines is 4. The van der Waals surface area contributed by atoms with Gasteiger partial charge in [-0.3, -0.25) is 0 Å². The molecule has 1 N–H and O–H groups in total. The lowest BCUT2D eigenvalue weighted by atomic mass is 10.2. The second-order valence-corrected chi connectivity index (χ2v) is 6.97. The van der Waals surface area contributed by atoms with Gasteiger partial charge >= 0.3 is 0 Å². The number of nitrogens with zero attached hydrogens (tertiary/aromatic N) is 4. The van der Waals surface area contributed by atoms with Crippen LogP contribution in [0.4, 0.5) is 27.5 Å². The zero-order valence-corrected chi connectivity index (χ0v) is 16.6. The maximum atomic E-state index is 14.1. The van der Waals surface area contributed by atoms with Crippen molar-refractivity contribution in [2.75, 3.05) is 48.4 Å². The van der Waals surface area contributed by atoms with E-state index >= 15 is 0 Å². The first-order valence-corrected chi connectivity index (χ1v) is 9.63. The molecule has 0 atom stereocenters. The second-order valence-electron chi connectivity index (χ2n) is 6.97. The first kappa shape index (κ1) is 19.0. The molecule has 1 fully saturated rings. The van der Waals surface area contributed by atoms with E-state index in [1.54, 1.807) is 13.2 Å². The molecule has 0 amide bonds. The van der Waals surface area contributed by atoms with Gasteiger partial charge in [0.1, 0.15) is 17.4 Å². The molecule has 1 saturated heterocycles. The van der Waals surface area contributed by atoms with Crippen molar-refractivity contribution in [3.63, 3.8) is 0 Å². The number of rotatable bonds is 5. The number of ether oxygens (including phenoxy) is 1. The summed E-state index contributed by atoms with van der Waals surface area (Å²) in [6.07, 6.45) is 0. The molecule has 2 heterocycles. The van der Waals surface area contributed by atoms with Gasteiger partial charge in [0.25, 0.3) is 0 Å². The topological polar surface area (TPSA) is 53.5 Å². The number of hydrogen-bond donors (Lipinski definition) is 1. The van der Waals surface area contributed by atoms with Crippen molar-refractivity contribution in [2.24, 2.45) is 0 Å². The lowest BCUT2D eigenvalue weighted by Crippen LogP contribution is -2.47. The Labute approximate surface area is 170 Å². The summed E-state index contributed by atoms with van der Waals surface area (Å²) < 4.78 is 19.3. The van der Waals surface area contributed by atoms with E-state index in [4.69, 9.17) is 9.72 Å². The number of halogens is 1. The van der Waals surface area contributed by atoms with Crippen LogP contribution in [-0.4, -0.2) is 43.3 Å². The third-order valence-electron chi connectivity index (χ3n) is 4.96. The standard InChI is InChI=1S/C22H24FN5O/c1-16-15-21(25-17-7-9-18(29-2)10-8-17)26-22(24-16)28-13-11-27(12-14-28)20-6-4-3-5-19(20)23/h3-10,15H,11-14H2,1-2H3,(H,24,25,26). The van der Waals surface area contributed by atoms with Gasteiger partial charge in [-0.25, -0.2) is 9.37 Å². The average Bonchev–Trinajstić information content (AvgIpc) is 2.74. The highest BCUT2D eigenvalue weighted by Gasteiger charge is 2.21. The van der Waals surface area contributed by atoms with E-state index in [0.29, 0.717) is 11.6 Å². The summed E-state index contributed by atoms with van der Waals surface area (Å²) in [7, 11) is 1.65. The van der Waals surface area contributed by atoms with Crippen molar-refractivity contribution >= 4 is 23.1 Å². The van der Waals surface area contributed by atoms with E-state index < -0.39 is 0 Å². The van der Waals surface area contributed by atoms with E-state index in [9.17, 15) is 4.39 Å². The predicted molar refractivity (Wildman–Crippen MR) is 114 cm³/mol. The summed E-state index contributed by atoms with van der Waals surface area (Å²) in [5.74, 6) is 2.06. The average molecular weight is 393 g/mol. The number of methoxy groups -OCH3 is 1. The fraction of sp³-hybridized carbons (Fsp3) is 0.273. The largest absolute Gasteiger partial charge is 0.497 e. The van der Waals surface area contributed by atoms with Crippen LogP contribution in [0.5, 0.6) is 5.75 Å². The quantitative estimate of drug-likeness (QED) is 0.707. The number of benzene rings is 2. The molecule has 6 nitrogen and oxygen atoms in total. The lowest BCUT2D eigenvalue weighted by Gasteiger charge is -2.36. The number of aromatic nitrogens is 2. The smallest absolute Gasteiger partial charge is 0.227 e. The summed E-state index contributed by atoms with van der Waals surface area (Å²) in [4.78, 5) is 13.5. The number of para-hydroxylation sites is 1. The van der Waals surface area contributed by atoms with E-state index in [1.807, 2.05) is 49.4 Å². The van der Waals surface area contributed by atoms with Crippen molar-refractivity contribution in [3.8, 4) is 5.75 Å². The Morgan fingerprint density at radius 3 is 2.31 bits per heavy atom. The van der Waals surface area contributed by atoms with Gasteiger partial charge in [0.15, 0.2) is 0 Å². The third-order valence-corrected chi connectivity index (χ3v) is 4.96. The third kappa shape index (κ3) is 4.39. The van der Waals surface area contributed by atoms with Gasteiger partial charge in [-0.15, -0.1) is 0 Å². The number of piperazine rings is 1. The van der Waals surface area contributed by atoms with Crippen LogP contribution in [-0.2, 0) is 0 Å². The number of aryl methyl sites for hydroxylation is 1. The Morgan fingerprint density at radius 1 is 0.931 bits per heavy atom. The van der Waals surface area contributed by atoms with Crippen molar-refractivity contribution in [1.82, 2.24) is 9.97 Å². The van der Waals surface area contributed by atoms with E-state index in [2.05, 4.69) is 20.1 Å². The van der Waals surface area contributed by atoms with Crippen LogP contribution in [0.3, 0.4) is 0 Å². The van der Waals surface area contributed by atoms with Crippen molar-refractivity contribution in [2.45, 2.75) is 6.92 Å². The molecular formula is C22H24FN5O. The van der Waals surface area contributed by atoms with Gasteiger partial charge in [-0.2, -0.15) is 4.98 Å². The molecule has 4 rings (SSSR count). The van der Waals surface area contributed by atoms with Gasteiger partial charge in [0, 0.05) is 43.6 Å². The number of nitrogens with one attached hydrogen (secondary N) is 1. The van der Waals surface area contributed by atoms with Gasteiger partial charge in [0.05, 0.1) is 12.8 Å². The zero-order chi connectivity index (χ0) is 20.2. The highest BCUT2D eigenvalue weighted by molar-refractivity contribution is 5.59. The molecule has 0 bridgehead atoms. The van der Waals surface area contributed by atoms with Gasteiger partial charge in [0.2, 0.25) is 5.95 Å². The Hall–Kier alpha value is -3.35. The summed E-state index contributed by atoms with van der Waals surface area (Å²) in [5, 5.41) is 3.32. The van der Waals surface area contributed by atoms with Crippen molar-refractivity contribution in [3.05, 3.63) is 66.1 Å². The lowest BCUT2D eigenvalue weighted by molar-refractivity contribution is 0.415. The van der Waals surface area contributed by atoms with E-state index in [1.165, 1.54) is 6.07 Å². The van der Waals surface area contributed by atoms with Crippen molar-refractivity contribution in [1.29, 1.82) is 0 Å². The summed E-state index contributed by atoms with van der Waals surface area (Å²) in [6.45, 7) is 4.87. The predicted octanol–water partition coefficient (Wildman–Crippen LogP) is 4.00. The number of hydrogen-bond acceptors (Lipinski definition) is 6. The van der Waals surface area contributed by atoms with Crippen LogP contribution in [0.1, 0.15) is 5.69 Å². The Kier molecular flexibility index (Phi) is 5.46. The van der Waals surface area contributed by atoms with Crippen LogP contribution < -0.4 is 19.9 Å². The van der Waals surface area contributed by atoms with Gasteiger partial charge < -0.3 is 19.9 Å². The Bertz CT molecular complexity index is 971. The summed E-state index contributed by atoms with van der Waals surface area (Å²) in [6, 6.07) is 16.5. The van der Waals surface area contributed by atoms with Crippen LogP contribution in [0.2, 0.25) is 0 Å². The normalized spacial score (nSPS) is 14.0. The van der Waals surface area contributed by atoms with Crippen LogP contribution in [0.25, 0.3) is 0 Å². The molecule has 7 heteroatoms. The molecule has 150 valence electrons. The maximum absolute atomic E-state index is 14.1. The first-order chi connectivity index (χ1) is 14.1. The van der Waals surface area contributed by atoms with E-state index in [0.717, 1.165) is 49.1 Å².